The van der Waals surface area contributed by atoms with Crippen LogP contribution in [0.2, 0.25) is 0 Å². The molecule has 0 aromatic heterocycles. The summed E-state index contributed by atoms with van der Waals surface area (Å²) in [6.45, 7) is 0.360. The van der Waals surface area contributed by atoms with E-state index in [-0.39, 0.29) is 19.3 Å². The van der Waals surface area contributed by atoms with Gasteiger partial charge in [-0.25, -0.2) is 4.79 Å². The van der Waals surface area contributed by atoms with Crippen molar-refractivity contribution in [3.8, 4) is 0 Å². The normalized spacial score (nSPS) is 14.1. The fourth-order valence-electron chi connectivity index (χ4n) is 2.89. The Morgan fingerprint density at radius 1 is 0.829 bits per heavy atom. The highest BCUT2D eigenvalue weighted by atomic mass is 32.2. The summed E-state index contributed by atoms with van der Waals surface area (Å²) in [6.07, 6.45) is 1.98. The van der Waals surface area contributed by atoms with Gasteiger partial charge in [0, 0.05) is 6.42 Å². The Bertz CT molecular complexity index is 753. The number of hydrogen-bond donors (Lipinski definition) is 8. The van der Waals surface area contributed by atoms with Gasteiger partial charge < -0.3 is 43.4 Å². The molecule has 0 radical (unpaired) electrons. The van der Waals surface area contributed by atoms with E-state index in [9.17, 15) is 28.8 Å². The second-order valence-corrected chi connectivity index (χ2v) is 8.78. The van der Waals surface area contributed by atoms with Crippen LogP contribution < -0.4 is 33.2 Å². The minimum atomic E-state index is -1.76. The number of amides is 4. The molecule has 0 aromatic carbocycles. The van der Waals surface area contributed by atoms with E-state index >= 15 is 0 Å². The molecule has 35 heavy (non-hydrogen) atoms. The smallest absolute Gasteiger partial charge is 0.326 e. The van der Waals surface area contributed by atoms with E-state index in [2.05, 4.69) is 10.6 Å². The predicted molar refractivity (Wildman–Crippen MR) is 128 cm³/mol. The number of carboxylic acid groups (broad SMARTS) is 2. The number of nitrogens with two attached hydrogens (primary N) is 3. The number of carboxylic acids is 2. The lowest BCUT2D eigenvalue weighted by molar-refractivity contribution is -0.147. The largest absolute Gasteiger partial charge is 0.481 e. The van der Waals surface area contributed by atoms with Crippen LogP contribution in [0, 0.1) is 0 Å². The summed E-state index contributed by atoms with van der Waals surface area (Å²) in [5, 5.41) is 25.0. The number of hydrogen-bond acceptors (Lipinski definition) is 9. The van der Waals surface area contributed by atoms with Gasteiger partial charge in [0.2, 0.25) is 23.6 Å². The van der Waals surface area contributed by atoms with Gasteiger partial charge in [0.25, 0.3) is 0 Å². The summed E-state index contributed by atoms with van der Waals surface area (Å²) in [7, 11) is 0. The lowest BCUT2D eigenvalue weighted by atomic mass is 10.0. The maximum atomic E-state index is 13.0. The van der Waals surface area contributed by atoms with Crippen molar-refractivity contribution in [3.05, 3.63) is 0 Å². The van der Waals surface area contributed by atoms with Crippen molar-refractivity contribution in [2.75, 3.05) is 18.6 Å². The zero-order chi connectivity index (χ0) is 27.0. The third-order valence-corrected chi connectivity index (χ3v) is 5.50. The van der Waals surface area contributed by atoms with Crippen molar-refractivity contribution in [2.24, 2.45) is 17.2 Å². The van der Waals surface area contributed by atoms with Crippen LogP contribution in [0.3, 0.4) is 0 Å². The Balaban J connectivity index is 5.55. The van der Waals surface area contributed by atoms with Crippen LogP contribution in [0.15, 0.2) is 0 Å². The van der Waals surface area contributed by atoms with E-state index in [1.807, 2.05) is 11.6 Å². The molecule has 0 fully saturated rings. The Morgan fingerprint density at radius 2 is 1.37 bits per heavy atom. The topological polar surface area (TPSA) is 257 Å². The van der Waals surface area contributed by atoms with Crippen molar-refractivity contribution >= 4 is 47.3 Å². The maximum Gasteiger partial charge on any atom is 0.326 e. The number of thioether (sulfide) groups is 1. The zero-order valence-corrected chi connectivity index (χ0v) is 20.5. The van der Waals surface area contributed by atoms with E-state index in [1.54, 1.807) is 0 Å². The zero-order valence-electron chi connectivity index (χ0n) is 19.7. The Hall–Kier alpha value is -2.91. The van der Waals surface area contributed by atoms with Crippen LogP contribution in [-0.2, 0) is 28.8 Å². The Morgan fingerprint density at radius 3 is 1.86 bits per heavy atom. The summed E-state index contributed by atoms with van der Waals surface area (Å²) >= 11 is 1.51. The number of rotatable bonds is 19. The van der Waals surface area contributed by atoms with Gasteiger partial charge in [0.15, 0.2) is 0 Å². The Labute approximate surface area is 207 Å². The number of carbonyl (C=O) groups is 6. The number of unbranched alkanes of at least 4 members (excludes halogenated alkanes) is 1. The van der Waals surface area contributed by atoms with Crippen LogP contribution in [0.5, 0.6) is 0 Å². The SMILES string of the molecule is CSCCC(N)C(=O)NC(CCCCN)C(=O)NC(CCC(N)=O)C(=O)NC(CC(=O)O)C(=O)O. The first kappa shape index (κ1) is 32.1. The number of carbonyl (C=O) groups excluding carboxylic acids is 4. The monoisotopic (exact) mass is 520 g/mol. The molecule has 4 amide bonds. The van der Waals surface area contributed by atoms with Crippen molar-refractivity contribution in [2.45, 2.75) is 69.1 Å². The molecule has 0 spiro atoms. The standard InChI is InChI=1S/C20H36N6O8S/c1-35-9-7-11(22)17(30)24-12(4-2-3-8-21)18(31)25-13(5-6-15(23)27)19(32)26-14(20(33)34)10-16(28)29/h11-14H,2-10,21-22H2,1H3,(H2,23,27)(H,24,30)(H,25,31)(H,26,32)(H,28,29)(H,33,34). The van der Waals surface area contributed by atoms with Gasteiger partial charge in [0.1, 0.15) is 18.1 Å². The molecule has 14 nitrogen and oxygen atoms in total. The fourth-order valence-corrected chi connectivity index (χ4v) is 3.38. The third kappa shape index (κ3) is 14.2. The molecule has 0 saturated carbocycles. The highest BCUT2D eigenvalue weighted by Gasteiger charge is 2.31. The fraction of sp³-hybridized carbons (Fsp3) is 0.700. The Kier molecular flexibility index (Phi) is 16.1. The van der Waals surface area contributed by atoms with Gasteiger partial charge in [-0.15, -0.1) is 0 Å². The highest BCUT2D eigenvalue weighted by Crippen LogP contribution is 2.07. The summed E-state index contributed by atoms with van der Waals surface area (Å²) in [5.74, 6) is -5.53. The molecule has 0 heterocycles. The van der Waals surface area contributed by atoms with Gasteiger partial charge in [0.05, 0.1) is 12.5 Å². The van der Waals surface area contributed by atoms with Crippen LogP contribution in [-0.4, -0.2) is 88.5 Å². The van der Waals surface area contributed by atoms with Crippen molar-refractivity contribution in [3.63, 3.8) is 0 Å². The minimum Gasteiger partial charge on any atom is -0.481 e. The minimum absolute atomic E-state index is 0.185. The van der Waals surface area contributed by atoms with E-state index < -0.39 is 66.2 Å². The van der Waals surface area contributed by atoms with Crippen molar-refractivity contribution in [1.82, 2.24) is 16.0 Å². The second-order valence-electron chi connectivity index (χ2n) is 7.80. The molecule has 0 aliphatic rings. The van der Waals surface area contributed by atoms with Gasteiger partial charge in [-0.2, -0.15) is 11.8 Å². The molecule has 0 rings (SSSR count). The van der Waals surface area contributed by atoms with Crippen LogP contribution >= 0.6 is 11.8 Å². The van der Waals surface area contributed by atoms with Gasteiger partial charge in [-0.1, -0.05) is 0 Å². The molecular weight excluding hydrogens is 484 g/mol. The number of primary amides is 1. The number of nitrogens with one attached hydrogen (secondary N) is 3. The predicted octanol–water partition coefficient (Wildman–Crippen LogP) is -2.52. The highest BCUT2D eigenvalue weighted by molar-refractivity contribution is 7.98. The lowest BCUT2D eigenvalue weighted by Gasteiger charge is -2.25. The van der Waals surface area contributed by atoms with Crippen molar-refractivity contribution < 1.29 is 39.0 Å². The van der Waals surface area contributed by atoms with Gasteiger partial charge >= 0.3 is 11.9 Å². The average Bonchev–Trinajstić information content (AvgIpc) is 2.78. The average molecular weight is 521 g/mol. The van der Waals surface area contributed by atoms with E-state index in [0.29, 0.717) is 31.6 Å². The van der Waals surface area contributed by atoms with Crippen LogP contribution in [0.1, 0.15) is 44.9 Å². The molecule has 11 N–H and O–H groups in total. The van der Waals surface area contributed by atoms with E-state index in [1.165, 1.54) is 11.8 Å². The summed E-state index contributed by atoms with van der Waals surface area (Å²) < 4.78 is 0. The molecule has 4 unspecified atom stereocenters. The molecule has 0 aliphatic heterocycles. The molecule has 0 aliphatic carbocycles. The second kappa shape index (κ2) is 17.5. The lowest BCUT2D eigenvalue weighted by Crippen LogP contribution is -2.57. The first-order chi connectivity index (χ1) is 16.4. The molecule has 15 heteroatoms. The summed E-state index contributed by atoms with van der Waals surface area (Å²) in [5.41, 5.74) is 16.5. The molecular formula is C20H36N6O8S. The maximum absolute atomic E-state index is 13.0. The quantitative estimate of drug-likeness (QED) is 0.0824. The summed E-state index contributed by atoms with van der Waals surface area (Å²) in [4.78, 5) is 71.5. The van der Waals surface area contributed by atoms with Crippen LogP contribution in [0.4, 0.5) is 0 Å². The first-order valence-corrected chi connectivity index (χ1v) is 12.4. The molecule has 0 saturated heterocycles. The first-order valence-electron chi connectivity index (χ1n) is 11.0. The third-order valence-electron chi connectivity index (χ3n) is 4.86. The molecule has 0 bridgehead atoms. The van der Waals surface area contributed by atoms with Crippen LogP contribution in [0.25, 0.3) is 0 Å². The molecule has 4 atom stereocenters. The van der Waals surface area contributed by atoms with Gasteiger partial charge in [-0.3, -0.25) is 24.0 Å². The van der Waals surface area contributed by atoms with Crippen molar-refractivity contribution in [1.29, 1.82) is 0 Å². The summed E-state index contributed by atoms with van der Waals surface area (Å²) in [6, 6.07) is -5.10. The molecule has 200 valence electrons. The van der Waals surface area contributed by atoms with E-state index in [0.717, 1.165) is 0 Å². The van der Waals surface area contributed by atoms with E-state index in [4.69, 9.17) is 27.4 Å². The van der Waals surface area contributed by atoms with Gasteiger partial charge in [-0.05, 0) is 50.7 Å². The number of aliphatic carboxylic acids is 2. The molecule has 0 aromatic rings.